The lowest BCUT2D eigenvalue weighted by Gasteiger charge is -2.20. The number of hydrogen-bond donors (Lipinski definition) is 1. The third-order valence-corrected chi connectivity index (χ3v) is 6.00. The van der Waals surface area contributed by atoms with Crippen LogP contribution in [-0.2, 0) is 19.6 Å². The molecule has 2 aromatic rings. The predicted molar refractivity (Wildman–Crippen MR) is 103 cm³/mol. The summed E-state index contributed by atoms with van der Waals surface area (Å²) in [5.74, 6) is 0.0512. The molecule has 0 radical (unpaired) electrons. The fourth-order valence-corrected chi connectivity index (χ4v) is 4.32. The quantitative estimate of drug-likeness (QED) is 0.671. The van der Waals surface area contributed by atoms with Crippen LogP contribution in [0, 0.1) is 6.92 Å². The molecule has 0 saturated carbocycles. The van der Waals surface area contributed by atoms with Crippen LogP contribution in [0.4, 0.5) is 0 Å². The molecular formula is C19H22ClNO5S. The predicted octanol–water partition coefficient (Wildman–Crippen LogP) is 3.63. The summed E-state index contributed by atoms with van der Waals surface area (Å²) in [6, 6.07) is 10.7. The molecule has 0 unspecified atom stereocenters. The maximum atomic E-state index is 12.9. The van der Waals surface area contributed by atoms with Gasteiger partial charge < -0.3 is 9.47 Å². The number of ether oxygens (including phenoxy) is 2. The van der Waals surface area contributed by atoms with Gasteiger partial charge in [0.15, 0.2) is 0 Å². The molecule has 0 heterocycles. The van der Waals surface area contributed by atoms with Gasteiger partial charge in [0, 0.05) is 5.02 Å². The maximum Gasteiger partial charge on any atom is 0.307 e. The Labute approximate surface area is 164 Å². The van der Waals surface area contributed by atoms with Gasteiger partial charge in [0.1, 0.15) is 5.75 Å². The normalized spacial score (nSPS) is 12.4. The van der Waals surface area contributed by atoms with Gasteiger partial charge in [-0.25, -0.2) is 13.1 Å². The number of carbonyl (C=O) groups excluding carboxylic acids is 1. The van der Waals surface area contributed by atoms with Crippen LogP contribution in [-0.4, -0.2) is 28.1 Å². The number of benzene rings is 2. The van der Waals surface area contributed by atoms with Gasteiger partial charge in [-0.05, 0) is 49.2 Å². The van der Waals surface area contributed by atoms with Gasteiger partial charge in [-0.15, -0.1) is 0 Å². The molecule has 8 heteroatoms. The summed E-state index contributed by atoms with van der Waals surface area (Å²) in [7, 11) is -2.41. The van der Waals surface area contributed by atoms with Crippen molar-refractivity contribution >= 4 is 27.6 Å². The minimum absolute atomic E-state index is 0.0618. The number of hydrogen-bond acceptors (Lipinski definition) is 5. The second-order valence-electron chi connectivity index (χ2n) is 5.82. The van der Waals surface area contributed by atoms with Gasteiger partial charge >= 0.3 is 5.97 Å². The molecule has 0 bridgehead atoms. The Hall–Kier alpha value is -2.09. The Morgan fingerprint density at radius 1 is 1.22 bits per heavy atom. The van der Waals surface area contributed by atoms with E-state index in [4.69, 9.17) is 21.1 Å². The van der Waals surface area contributed by atoms with E-state index >= 15 is 0 Å². The molecule has 0 spiro atoms. The molecule has 0 aromatic heterocycles. The average molecular weight is 412 g/mol. The van der Waals surface area contributed by atoms with Crippen LogP contribution < -0.4 is 9.46 Å². The highest BCUT2D eigenvalue weighted by molar-refractivity contribution is 7.89. The Kier molecular flexibility index (Phi) is 7.24. The minimum Gasteiger partial charge on any atom is -0.497 e. The number of methoxy groups -OCH3 is 1. The first-order valence-corrected chi connectivity index (χ1v) is 10.2. The zero-order valence-electron chi connectivity index (χ0n) is 15.4. The highest BCUT2D eigenvalue weighted by Gasteiger charge is 2.26. The van der Waals surface area contributed by atoms with Crippen molar-refractivity contribution in [1.82, 2.24) is 4.72 Å². The smallest absolute Gasteiger partial charge is 0.307 e. The monoisotopic (exact) mass is 411 g/mol. The fourth-order valence-electron chi connectivity index (χ4n) is 2.60. The van der Waals surface area contributed by atoms with Crippen molar-refractivity contribution < 1.29 is 22.7 Å². The molecule has 6 nitrogen and oxygen atoms in total. The molecule has 27 heavy (non-hydrogen) atoms. The fraction of sp³-hybridized carbons (Fsp3) is 0.316. The average Bonchev–Trinajstić information content (AvgIpc) is 2.63. The molecule has 1 N–H and O–H groups in total. The second-order valence-corrected chi connectivity index (χ2v) is 7.91. The number of rotatable bonds is 8. The third kappa shape index (κ3) is 5.45. The van der Waals surface area contributed by atoms with Crippen molar-refractivity contribution in [2.24, 2.45) is 0 Å². The topological polar surface area (TPSA) is 81.7 Å². The first kappa shape index (κ1) is 21.2. The molecule has 0 fully saturated rings. The lowest BCUT2D eigenvalue weighted by molar-refractivity contribution is -0.143. The molecule has 0 saturated heterocycles. The molecule has 0 aliphatic carbocycles. The number of nitrogens with one attached hydrogen (secondary N) is 1. The van der Waals surface area contributed by atoms with Gasteiger partial charge in [-0.2, -0.15) is 0 Å². The molecular weight excluding hydrogens is 390 g/mol. The first-order valence-electron chi connectivity index (χ1n) is 8.35. The van der Waals surface area contributed by atoms with E-state index in [9.17, 15) is 13.2 Å². The number of sulfonamides is 1. The maximum absolute atomic E-state index is 12.9. The highest BCUT2D eigenvalue weighted by atomic mass is 35.5. The van der Waals surface area contributed by atoms with E-state index in [0.29, 0.717) is 21.9 Å². The zero-order valence-corrected chi connectivity index (χ0v) is 16.9. The van der Waals surface area contributed by atoms with Gasteiger partial charge in [0.25, 0.3) is 0 Å². The summed E-state index contributed by atoms with van der Waals surface area (Å²) in [4.78, 5) is 12.1. The van der Waals surface area contributed by atoms with Crippen molar-refractivity contribution in [3.63, 3.8) is 0 Å². The molecule has 2 rings (SSSR count). The lowest BCUT2D eigenvalue weighted by Crippen LogP contribution is -2.31. The van der Waals surface area contributed by atoms with E-state index in [2.05, 4.69) is 4.72 Å². The van der Waals surface area contributed by atoms with Crippen LogP contribution in [0.25, 0.3) is 0 Å². The van der Waals surface area contributed by atoms with E-state index in [1.165, 1.54) is 13.2 Å². The van der Waals surface area contributed by atoms with Gasteiger partial charge in [0.05, 0.1) is 31.1 Å². The largest absolute Gasteiger partial charge is 0.497 e. The van der Waals surface area contributed by atoms with Crippen molar-refractivity contribution in [3.8, 4) is 5.75 Å². The molecule has 0 aliphatic rings. The SMILES string of the molecule is CCOC(=O)C[C@@H](NS(=O)(=O)c1cccc(Cl)c1C)c1cccc(OC)c1. The van der Waals surface area contributed by atoms with E-state index in [1.807, 2.05) is 0 Å². The second kappa shape index (κ2) is 9.21. The first-order chi connectivity index (χ1) is 12.8. The molecule has 2 aromatic carbocycles. The number of carbonyl (C=O) groups is 1. The van der Waals surface area contributed by atoms with Crippen LogP contribution in [0.1, 0.15) is 30.5 Å². The summed E-state index contributed by atoms with van der Waals surface area (Å²) >= 11 is 6.06. The molecule has 146 valence electrons. The van der Waals surface area contributed by atoms with E-state index in [-0.39, 0.29) is 17.9 Å². The highest BCUT2D eigenvalue weighted by Crippen LogP contribution is 2.27. The van der Waals surface area contributed by atoms with Gasteiger partial charge in [-0.1, -0.05) is 29.8 Å². The molecule has 1 atom stereocenters. The van der Waals surface area contributed by atoms with Crippen molar-refractivity contribution in [2.75, 3.05) is 13.7 Å². The van der Waals surface area contributed by atoms with E-state index < -0.39 is 22.0 Å². The molecule has 0 amide bonds. The summed E-state index contributed by atoms with van der Waals surface area (Å²) < 4.78 is 38.6. The number of esters is 1. The van der Waals surface area contributed by atoms with Crippen LogP contribution in [0.15, 0.2) is 47.4 Å². The van der Waals surface area contributed by atoms with Crippen LogP contribution in [0.2, 0.25) is 5.02 Å². The standard InChI is InChI=1S/C19H22ClNO5S/c1-4-26-19(22)12-17(14-7-5-8-15(11-14)25-3)21-27(23,24)18-10-6-9-16(20)13(18)2/h5-11,17,21H,4,12H2,1-3H3/t17-/m1/s1. The van der Waals surface area contributed by atoms with Crippen LogP contribution >= 0.6 is 11.6 Å². The Morgan fingerprint density at radius 3 is 2.59 bits per heavy atom. The Morgan fingerprint density at radius 2 is 1.93 bits per heavy atom. The minimum atomic E-state index is -3.92. The van der Waals surface area contributed by atoms with E-state index in [1.54, 1.807) is 50.2 Å². The van der Waals surface area contributed by atoms with Gasteiger partial charge in [0.2, 0.25) is 10.0 Å². The number of halogens is 1. The third-order valence-electron chi connectivity index (χ3n) is 3.98. The van der Waals surface area contributed by atoms with Crippen LogP contribution in [0.3, 0.4) is 0 Å². The summed E-state index contributed by atoms with van der Waals surface area (Å²) in [5.41, 5.74) is 1.03. The summed E-state index contributed by atoms with van der Waals surface area (Å²) in [6.07, 6.45) is -0.153. The van der Waals surface area contributed by atoms with Crippen LogP contribution in [0.5, 0.6) is 5.75 Å². The lowest BCUT2D eigenvalue weighted by atomic mass is 10.0. The molecule has 0 aliphatic heterocycles. The summed E-state index contributed by atoms with van der Waals surface area (Å²) in [5, 5.41) is 0.348. The van der Waals surface area contributed by atoms with Crippen molar-refractivity contribution in [1.29, 1.82) is 0 Å². The van der Waals surface area contributed by atoms with Gasteiger partial charge in [-0.3, -0.25) is 4.79 Å². The van der Waals surface area contributed by atoms with Crippen molar-refractivity contribution in [3.05, 3.63) is 58.6 Å². The van der Waals surface area contributed by atoms with E-state index in [0.717, 1.165) is 0 Å². The Balaban J connectivity index is 2.40. The summed E-state index contributed by atoms with van der Waals surface area (Å²) in [6.45, 7) is 3.53. The van der Waals surface area contributed by atoms with Crippen molar-refractivity contribution in [2.45, 2.75) is 31.2 Å². The zero-order chi connectivity index (χ0) is 20.0. The Bertz CT molecular complexity index is 914.